The zero-order valence-electron chi connectivity index (χ0n) is 15.4. The van der Waals surface area contributed by atoms with Gasteiger partial charge < -0.3 is 24.8 Å². The van der Waals surface area contributed by atoms with Crippen molar-refractivity contribution in [2.45, 2.75) is 26.7 Å². The Hall–Kier alpha value is -2.44. The van der Waals surface area contributed by atoms with Crippen molar-refractivity contribution >= 4 is 17.5 Å². The molecule has 1 saturated carbocycles. The summed E-state index contributed by atoms with van der Waals surface area (Å²) in [6.07, 6.45) is 1.10. The lowest BCUT2D eigenvalue weighted by Crippen LogP contribution is -2.41. The molecule has 0 saturated heterocycles. The molecule has 0 atom stereocenters. The van der Waals surface area contributed by atoms with Crippen molar-refractivity contribution < 1.29 is 23.8 Å². The van der Waals surface area contributed by atoms with Crippen molar-refractivity contribution in [3.05, 3.63) is 12.1 Å². The molecule has 1 aromatic rings. The van der Waals surface area contributed by atoms with Gasteiger partial charge in [-0.1, -0.05) is 13.8 Å². The minimum atomic E-state index is -0.977. The second-order valence-electron chi connectivity index (χ2n) is 6.55. The number of hydrogen-bond donors (Lipinski definition) is 2. The summed E-state index contributed by atoms with van der Waals surface area (Å²) in [5.41, 5.74) is -0.489. The fourth-order valence-electron chi connectivity index (χ4n) is 2.55. The van der Waals surface area contributed by atoms with Crippen LogP contribution in [0.1, 0.15) is 26.7 Å². The molecule has 0 radical (unpaired) electrons. The summed E-state index contributed by atoms with van der Waals surface area (Å²) in [5.74, 6) is 1.11. The zero-order valence-corrected chi connectivity index (χ0v) is 15.4. The van der Waals surface area contributed by atoms with Gasteiger partial charge in [-0.3, -0.25) is 9.59 Å². The maximum absolute atomic E-state index is 12.7. The molecule has 2 N–H and O–H groups in total. The summed E-state index contributed by atoms with van der Waals surface area (Å²) in [6, 6.07) is 3.28. The number of anilines is 1. The van der Waals surface area contributed by atoms with E-state index in [1.165, 1.54) is 21.3 Å². The summed E-state index contributed by atoms with van der Waals surface area (Å²) >= 11 is 0. The third-order valence-corrected chi connectivity index (χ3v) is 4.21. The minimum Gasteiger partial charge on any atom is -0.493 e. The van der Waals surface area contributed by atoms with E-state index < -0.39 is 5.41 Å². The summed E-state index contributed by atoms with van der Waals surface area (Å²) in [4.78, 5) is 25.0. The van der Waals surface area contributed by atoms with Crippen LogP contribution in [0.5, 0.6) is 17.2 Å². The molecular formula is C18H26N2O5. The number of carbonyl (C=O) groups is 2. The number of benzene rings is 1. The molecule has 0 aliphatic heterocycles. The van der Waals surface area contributed by atoms with Crippen LogP contribution >= 0.6 is 0 Å². The number of methoxy groups -OCH3 is 3. The molecule has 1 fully saturated rings. The lowest BCUT2D eigenvalue weighted by molar-refractivity contribution is -0.134. The van der Waals surface area contributed by atoms with Gasteiger partial charge in [-0.25, -0.2) is 0 Å². The van der Waals surface area contributed by atoms with Gasteiger partial charge >= 0.3 is 0 Å². The molecule has 7 nitrogen and oxygen atoms in total. The first kappa shape index (κ1) is 18.9. The second kappa shape index (κ2) is 7.63. The van der Waals surface area contributed by atoms with Gasteiger partial charge in [-0.15, -0.1) is 0 Å². The summed E-state index contributed by atoms with van der Waals surface area (Å²) in [5, 5.41) is 5.64. The van der Waals surface area contributed by atoms with Crippen LogP contribution in [0.3, 0.4) is 0 Å². The van der Waals surface area contributed by atoms with Gasteiger partial charge in [-0.2, -0.15) is 0 Å². The molecular weight excluding hydrogens is 324 g/mol. The smallest absolute Gasteiger partial charge is 0.240 e. The van der Waals surface area contributed by atoms with E-state index in [4.69, 9.17) is 14.2 Å². The predicted molar refractivity (Wildman–Crippen MR) is 94.2 cm³/mol. The number of nitrogens with one attached hydrogen (secondary N) is 2. The lowest BCUT2D eigenvalue weighted by Gasteiger charge is -2.18. The van der Waals surface area contributed by atoms with Crippen molar-refractivity contribution in [2.24, 2.45) is 11.3 Å². The molecule has 0 spiro atoms. The number of carbonyl (C=O) groups excluding carboxylic acids is 2. The van der Waals surface area contributed by atoms with Crippen molar-refractivity contribution in [1.82, 2.24) is 5.32 Å². The van der Waals surface area contributed by atoms with Crippen LogP contribution in [0.15, 0.2) is 12.1 Å². The molecule has 1 aliphatic rings. The van der Waals surface area contributed by atoms with Gasteiger partial charge in [0.2, 0.25) is 17.6 Å². The van der Waals surface area contributed by atoms with Crippen LogP contribution in [0.4, 0.5) is 5.69 Å². The van der Waals surface area contributed by atoms with Crippen LogP contribution in [-0.4, -0.2) is 39.7 Å². The Morgan fingerprint density at radius 1 is 1.04 bits per heavy atom. The summed E-state index contributed by atoms with van der Waals surface area (Å²) in [7, 11) is 4.52. The normalized spacial score (nSPS) is 14.6. The van der Waals surface area contributed by atoms with Crippen LogP contribution < -0.4 is 24.8 Å². The Balaban J connectivity index is 2.16. The molecule has 0 heterocycles. The van der Waals surface area contributed by atoms with E-state index in [2.05, 4.69) is 10.6 Å². The quantitative estimate of drug-likeness (QED) is 0.702. The SMILES string of the molecule is COc1cc(NC(=O)C2(C(=O)NCC(C)C)CC2)cc(OC)c1OC. The largest absolute Gasteiger partial charge is 0.493 e. The molecule has 25 heavy (non-hydrogen) atoms. The van der Waals surface area contributed by atoms with Gasteiger partial charge in [0.05, 0.1) is 21.3 Å². The topological polar surface area (TPSA) is 85.9 Å². The standard InChI is InChI=1S/C18H26N2O5/c1-11(2)10-19-16(21)18(6-7-18)17(22)20-12-8-13(23-3)15(25-5)14(9-12)24-4/h8-9,11H,6-7,10H2,1-5H3,(H,19,21)(H,20,22). The van der Waals surface area contributed by atoms with E-state index in [-0.39, 0.29) is 11.8 Å². The number of rotatable bonds is 8. The van der Waals surface area contributed by atoms with Gasteiger partial charge in [-0.05, 0) is 18.8 Å². The van der Waals surface area contributed by atoms with Crippen molar-refractivity contribution in [3.63, 3.8) is 0 Å². The molecule has 138 valence electrons. The van der Waals surface area contributed by atoms with Crippen LogP contribution in [0, 0.1) is 11.3 Å². The van der Waals surface area contributed by atoms with Crippen molar-refractivity contribution in [2.75, 3.05) is 33.2 Å². The molecule has 2 rings (SSSR count). The number of hydrogen-bond acceptors (Lipinski definition) is 5. The Morgan fingerprint density at radius 3 is 2.00 bits per heavy atom. The van der Waals surface area contributed by atoms with Gasteiger partial charge in [0.1, 0.15) is 5.41 Å². The fourth-order valence-corrected chi connectivity index (χ4v) is 2.55. The minimum absolute atomic E-state index is 0.217. The third-order valence-electron chi connectivity index (χ3n) is 4.21. The average Bonchev–Trinajstić information content (AvgIpc) is 3.40. The fraction of sp³-hybridized carbons (Fsp3) is 0.556. The van der Waals surface area contributed by atoms with Gasteiger partial charge in [0.25, 0.3) is 0 Å². The lowest BCUT2D eigenvalue weighted by atomic mass is 10.0. The van der Waals surface area contributed by atoms with E-state index in [0.29, 0.717) is 48.2 Å². The molecule has 0 bridgehead atoms. The maximum Gasteiger partial charge on any atom is 0.240 e. The highest BCUT2D eigenvalue weighted by atomic mass is 16.5. The summed E-state index contributed by atoms with van der Waals surface area (Å²) < 4.78 is 15.8. The highest BCUT2D eigenvalue weighted by Gasteiger charge is 2.56. The summed E-state index contributed by atoms with van der Waals surface area (Å²) in [6.45, 7) is 4.57. The molecule has 1 aromatic carbocycles. The van der Waals surface area contributed by atoms with E-state index in [9.17, 15) is 9.59 Å². The maximum atomic E-state index is 12.7. The molecule has 0 unspecified atom stereocenters. The molecule has 0 aromatic heterocycles. The van der Waals surface area contributed by atoms with E-state index in [0.717, 1.165) is 0 Å². The van der Waals surface area contributed by atoms with Crippen LogP contribution in [-0.2, 0) is 9.59 Å². The highest BCUT2D eigenvalue weighted by Crippen LogP contribution is 2.47. The van der Waals surface area contributed by atoms with E-state index >= 15 is 0 Å². The Labute approximate surface area is 148 Å². The Kier molecular flexibility index (Phi) is 5.77. The van der Waals surface area contributed by atoms with E-state index in [1.807, 2.05) is 13.8 Å². The second-order valence-corrected chi connectivity index (χ2v) is 6.55. The first-order valence-corrected chi connectivity index (χ1v) is 8.27. The highest BCUT2D eigenvalue weighted by molar-refractivity contribution is 6.13. The van der Waals surface area contributed by atoms with Gasteiger partial charge in [0, 0.05) is 24.4 Å². The van der Waals surface area contributed by atoms with Crippen molar-refractivity contribution in [1.29, 1.82) is 0 Å². The first-order valence-electron chi connectivity index (χ1n) is 8.27. The van der Waals surface area contributed by atoms with Gasteiger partial charge in [0.15, 0.2) is 11.5 Å². The monoisotopic (exact) mass is 350 g/mol. The molecule has 2 amide bonds. The zero-order chi connectivity index (χ0) is 18.6. The number of ether oxygens (including phenoxy) is 3. The van der Waals surface area contributed by atoms with Crippen LogP contribution in [0.2, 0.25) is 0 Å². The van der Waals surface area contributed by atoms with Crippen LogP contribution in [0.25, 0.3) is 0 Å². The molecule has 7 heteroatoms. The van der Waals surface area contributed by atoms with E-state index in [1.54, 1.807) is 12.1 Å². The average molecular weight is 350 g/mol. The third kappa shape index (κ3) is 3.97. The predicted octanol–water partition coefficient (Wildman–Crippen LogP) is 2.20. The Morgan fingerprint density at radius 2 is 1.60 bits per heavy atom. The number of amides is 2. The molecule has 1 aliphatic carbocycles. The van der Waals surface area contributed by atoms with Crippen molar-refractivity contribution in [3.8, 4) is 17.2 Å². The Bertz CT molecular complexity index is 628. The first-order chi connectivity index (χ1) is 11.9.